The fourth-order valence-electron chi connectivity index (χ4n) is 1.80. The molecule has 2 rings (SSSR count). The molecule has 0 spiro atoms. The van der Waals surface area contributed by atoms with Crippen LogP contribution in [0.4, 0.5) is 0 Å². The number of carbonyl (C=O) groups is 1. The molecule has 0 radical (unpaired) electrons. The van der Waals surface area contributed by atoms with Gasteiger partial charge in [0.15, 0.2) is 0 Å². The molecular formula is C12H12N2O3. The van der Waals surface area contributed by atoms with Crippen molar-refractivity contribution >= 4 is 5.97 Å². The number of aromatic carboxylic acids is 1. The molecule has 2 aromatic rings. The Labute approximate surface area is 97.3 Å². The molecule has 0 saturated carbocycles. The van der Waals surface area contributed by atoms with Crippen LogP contribution in [0.15, 0.2) is 29.2 Å². The van der Waals surface area contributed by atoms with Gasteiger partial charge in [-0.1, -0.05) is 0 Å². The summed E-state index contributed by atoms with van der Waals surface area (Å²) in [7, 11) is 0. The molecule has 0 fully saturated rings. The Morgan fingerprint density at radius 1 is 1.35 bits per heavy atom. The highest BCUT2D eigenvalue weighted by molar-refractivity contribution is 5.89. The molecule has 0 aliphatic carbocycles. The van der Waals surface area contributed by atoms with Gasteiger partial charge in [-0.15, -0.1) is 0 Å². The van der Waals surface area contributed by atoms with E-state index in [0.29, 0.717) is 11.3 Å². The van der Waals surface area contributed by atoms with Crippen LogP contribution in [0.3, 0.4) is 0 Å². The summed E-state index contributed by atoms with van der Waals surface area (Å²) in [5.74, 6) is -0.966. The van der Waals surface area contributed by atoms with Gasteiger partial charge in [0.05, 0.1) is 11.3 Å². The molecule has 17 heavy (non-hydrogen) atoms. The summed E-state index contributed by atoms with van der Waals surface area (Å²) in [5.41, 5.74) is 2.08. The molecule has 1 aromatic heterocycles. The molecule has 5 nitrogen and oxygen atoms in total. The maximum Gasteiger partial charge on any atom is 0.335 e. The van der Waals surface area contributed by atoms with Gasteiger partial charge in [-0.25, -0.2) is 9.59 Å². The van der Waals surface area contributed by atoms with Gasteiger partial charge in [0, 0.05) is 11.9 Å². The summed E-state index contributed by atoms with van der Waals surface area (Å²) in [6, 6.07) is 4.82. The molecule has 88 valence electrons. The SMILES string of the molecule is Cc1cc(-n2c(C)c[nH]c2=O)ccc1C(=O)O. The van der Waals surface area contributed by atoms with Crippen LogP contribution in [0.25, 0.3) is 5.69 Å². The first kappa shape index (κ1) is 11.2. The minimum Gasteiger partial charge on any atom is -0.478 e. The average molecular weight is 232 g/mol. The molecule has 0 amide bonds. The van der Waals surface area contributed by atoms with Crippen molar-refractivity contribution in [1.82, 2.24) is 9.55 Å². The van der Waals surface area contributed by atoms with E-state index in [1.54, 1.807) is 32.2 Å². The number of aryl methyl sites for hydroxylation is 2. The maximum atomic E-state index is 11.6. The lowest BCUT2D eigenvalue weighted by molar-refractivity contribution is 0.0696. The molecule has 0 bridgehead atoms. The molecule has 0 saturated heterocycles. The second kappa shape index (κ2) is 3.93. The van der Waals surface area contributed by atoms with Crippen LogP contribution >= 0.6 is 0 Å². The van der Waals surface area contributed by atoms with Crippen LogP contribution in [0.2, 0.25) is 0 Å². The number of carboxylic acid groups (broad SMARTS) is 1. The number of aromatic amines is 1. The van der Waals surface area contributed by atoms with Crippen LogP contribution in [0.5, 0.6) is 0 Å². The molecule has 1 heterocycles. The zero-order valence-electron chi connectivity index (χ0n) is 9.52. The van der Waals surface area contributed by atoms with Crippen molar-refractivity contribution in [2.75, 3.05) is 0 Å². The number of aromatic nitrogens is 2. The fourth-order valence-corrected chi connectivity index (χ4v) is 1.80. The first-order chi connectivity index (χ1) is 8.00. The highest BCUT2D eigenvalue weighted by atomic mass is 16.4. The van der Waals surface area contributed by atoms with E-state index in [-0.39, 0.29) is 11.3 Å². The van der Waals surface area contributed by atoms with E-state index in [2.05, 4.69) is 4.98 Å². The Bertz CT molecular complexity index is 637. The van der Waals surface area contributed by atoms with E-state index in [1.165, 1.54) is 10.6 Å². The molecule has 0 atom stereocenters. The standard InChI is InChI=1S/C12H12N2O3/c1-7-5-9(3-4-10(7)11(15)16)14-8(2)6-13-12(14)17/h3-6H,1-2H3,(H,13,17)(H,15,16). The zero-order valence-corrected chi connectivity index (χ0v) is 9.52. The Hall–Kier alpha value is -2.30. The van der Waals surface area contributed by atoms with E-state index in [4.69, 9.17) is 5.11 Å². The van der Waals surface area contributed by atoms with Gasteiger partial charge in [-0.05, 0) is 37.6 Å². The molecule has 1 aromatic carbocycles. The van der Waals surface area contributed by atoms with Gasteiger partial charge in [0.2, 0.25) is 0 Å². The van der Waals surface area contributed by atoms with Crippen LogP contribution < -0.4 is 5.69 Å². The quantitative estimate of drug-likeness (QED) is 0.823. The highest BCUT2D eigenvalue weighted by Gasteiger charge is 2.10. The zero-order chi connectivity index (χ0) is 12.6. The number of imidazole rings is 1. The molecular weight excluding hydrogens is 220 g/mol. The predicted molar refractivity (Wildman–Crippen MR) is 62.8 cm³/mol. The molecule has 2 N–H and O–H groups in total. The van der Waals surface area contributed by atoms with Gasteiger partial charge in [-0.2, -0.15) is 0 Å². The fraction of sp³-hybridized carbons (Fsp3) is 0.167. The largest absolute Gasteiger partial charge is 0.478 e. The number of rotatable bonds is 2. The Balaban J connectivity index is 2.60. The van der Waals surface area contributed by atoms with Gasteiger partial charge < -0.3 is 10.1 Å². The van der Waals surface area contributed by atoms with E-state index in [1.807, 2.05) is 0 Å². The average Bonchev–Trinajstić information content (AvgIpc) is 2.58. The summed E-state index contributed by atoms with van der Waals surface area (Å²) < 4.78 is 1.50. The van der Waals surface area contributed by atoms with Crippen LogP contribution in [0, 0.1) is 13.8 Å². The summed E-state index contributed by atoms with van der Waals surface area (Å²) in [4.78, 5) is 25.0. The molecule has 0 aliphatic rings. The number of benzene rings is 1. The summed E-state index contributed by atoms with van der Waals surface area (Å²) >= 11 is 0. The Kier molecular flexibility index (Phi) is 2.59. The van der Waals surface area contributed by atoms with Gasteiger partial charge >= 0.3 is 11.7 Å². The third-order valence-corrected chi connectivity index (χ3v) is 2.66. The van der Waals surface area contributed by atoms with E-state index in [0.717, 1.165) is 5.69 Å². The summed E-state index contributed by atoms with van der Waals surface area (Å²) in [5, 5.41) is 8.92. The minimum absolute atomic E-state index is 0.232. The Morgan fingerprint density at radius 2 is 2.06 bits per heavy atom. The van der Waals surface area contributed by atoms with E-state index in [9.17, 15) is 9.59 Å². The lowest BCUT2D eigenvalue weighted by Crippen LogP contribution is -2.16. The number of H-pyrrole nitrogens is 1. The van der Waals surface area contributed by atoms with Crippen molar-refractivity contribution in [3.63, 3.8) is 0 Å². The van der Waals surface area contributed by atoms with Crippen molar-refractivity contribution < 1.29 is 9.90 Å². The first-order valence-electron chi connectivity index (χ1n) is 5.12. The number of nitrogens with one attached hydrogen (secondary N) is 1. The number of hydrogen-bond donors (Lipinski definition) is 2. The molecule has 0 aliphatic heterocycles. The topological polar surface area (TPSA) is 75.1 Å². The minimum atomic E-state index is -0.966. The second-order valence-electron chi connectivity index (χ2n) is 3.87. The van der Waals surface area contributed by atoms with Crippen LogP contribution in [0.1, 0.15) is 21.6 Å². The van der Waals surface area contributed by atoms with Crippen molar-refractivity contribution in [3.8, 4) is 5.69 Å². The van der Waals surface area contributed by atoms with Gasteiger partial charge in [-0.3, -0.25) is 4.57 Å². The van der Waals surface area contributed by atoms with Crippen molar-refractivity contribution in [2.24, 2.45) is 0 Å². The number of hydrogen-bond acceptors (Lipinski definition) is 2. The highest BCUT2D eigenvalue weighted by Crippen LogP contribution is 2.14. The molecule has 5 heteroatoms. The van der Waals surface area contributed by atoms with Crippen LogP contribution in [-0.4, -0.2) is 20.6 Å². The van der Waals surface area contributed by atoms with Crippen LogP contribution in [-0.2, 0) is 0 Å². The summed E-state index contributed by atoms with van der Waals surface area (Å²) in [6.45, 7) is 3.51. The third kappa shape index (κ3) is 1.87. The van der Waals surface area contributed by atoms with Crippen molar-refractivity contribution in [3.05, 3.63) is 51.7 Å². The van der Waals surface area contributed by atoms with Crippen molar-refractivity contribution in [1.29, 1.82) is 0 Å². The van der Waals surface area contributed by atoms with E-state index >= 15 is 0 Å². The second-order valence-corrected chi connectivity index (χ2v) is 3.87. The molecule has 0 unspecified atom stereocenters. The smallest absolute Gasteiger partial charge is 0.335 e. The lowest BCUT2D eigenvalue weighted by Gasteiger charge is -2.07. The Morgan fingerprint density at radius 3 is 2.53 bits per heavy atom. The third-order valence-electron chi connectivity index (χ3n) is 2.66. The normalized spacial score (nSPS) is 10.5. The lowest BCUT2D eigenvalue weighted by atomic mass is 10.1. The maximum absolute atomic E-state index is 11.6. The monoisotopic (exact) mass is 232 g/mol. The predicted octanol–water partition coefficient (Wildman–Crippen LogP) is 1.48. The summed E-state index contributed by atoms with van der Waals surface area (Å²) in [6.07, 6.45) is 1.61. The first-order valence-corrected chi connectivity index (χ1v) is 5.12. The van der Waals surface area contributed by atoms with Gasteiger partial charge in [0.1, 0.15) is 0 Å². The van der Waals surface area contributed by atoms with E-state index < -0.39 is 5.97 Å². The number of nitrogens with zero attached hydrogens (tertiary/aromatic N) is 1. The van der Waals surface area contributed by atoms with Crippen molar-refractivity contribution in [2.45, 2.75) is 13.8 Å². The van der Waals surface area contributed by atoms with Gasteiger partial charge in [0.25, 0.3) is 0 Å². The number of carboxylic acids is 1.